The Morgan fingerprint density at radius 1 is 0.744 bits per heavy atom. The van der Waals surface area contributed by atoms with Crippen molar-refractivity contribution in [1.29, 1.82) is 0 Å². The average molecular weight is 519 g/mol. The molecule has 0 radical (unpaired) electrons. The fourth-order valence-corrected chi connectivity index (χ4v) is 4.70. The van der Waals surface area contributed by atoms with Crippen LogP contribution < -0.4 is 9.47 Å². The van der Waals surface area contributed by atoms with Crippen LogP contribution in [0.3, 0.4) is 0 Å². The third kappa shape index (κ3) is 5.91. The summed E-state index contributed by atoms with van der Waals surface area (Å²) < 4.78 is 17.7. The number of aliphatic carboxylic acids is 1. The van der Waals surface area contributed by atoms with Crippen molar-refractivity contribution >= 4 is 18.0 Å². The Morgan fingerprint density at radius 2 is 1.33 bits per heavy atom. The second-order valence-electron chi connectivity index (χ2n) is 9.02. The predicted octanol–water partition coefficient (Wildman–Crippen LogP) is 6.83. The zero-order valence-electron chi connectivity index (χ0n) is 21.2. The number of hydrogen-bond donors (Lipinski definition) is 1. The van der Waals surface area contributed by atoms with Gasteiger partial charge in [0.25, 0.3) is 0 Å². The lowest BCUT2D eigenvalue weighted by Gasteiger charge is -2.29. The van der Waals surface area contributed by atoms with Gasteiger partial charge in [-0.3, -0.25) is 0 Å². The molecule has 6 nitrogen and oxygen atoms in total. The smallest absolute Gasteiger partial charge is 0.416 e. The predicted molar refractivity (Wildman–Crippen MR) is 148 cm³/mol. The molecule has 194 valence electrons. The van der Waals surface area contributed by atoms with Crippen molar-refractivity contribution in [2.24, 2.45) is 0 Å². The zero-order chi connectivity index (χ0) is 27.2. The summed E-state index contributed by atoms with van der Waals surface area (Å²) in [6, 6.07) is 31.6. The number of carboxylic acids is 1. The molecular weight excluding hydrogens is 492 g/mol. The van der Waals surface area contributed by atoms with Crippen LogP contribution in [-0.4, -0.2) is 23.0 Å². The molecule has 0 fully saturated rings. The second kappa shape index (κ2) is 11.1. The number of benzene rings is 4. The number of carboxylic acid groups (broad SMARTS) is 1. The van der Waals surface area contributed by atoms with Gasteiger partial charge in [0.15, 0.2) is 0 Å². The van der Waals surface area contributed by atoms with E-state index in [1.165, 1.54) is 13.0 Å². The van der Waals surface area contributed by atoms with Gasteiger partial charge >= 0.3 is 17.9 Å². The van der Waals surface area contributed by atoms with Crippen LogP contribution in [0, 0.1) is 0 Å². The molecule has 4 aromatic rings. The van der Waals surface area contributed by atoms with Crippen LogP contribution in [0.4, 0.5) is 0 Å². The summed E-state index contributed by atoms with van der Waals surface area (Å²) in [6.07, 6.45) is 5.80. The van der Waals surface area contributed by atoms with Gasteiger partial charge in [0.1, 0.15) is 11.5 Å². The molecule has 1 aliphatic rings. The maximum atomic E-state index is 13.2. The Balaban J connectivity index is 1.44. The minimum atomic E-state index is -1.75. The highest BCUT2D eigenvalue weighted by Gasteiger charge is 2.34. The van der Waals surface area contributed by atoms with Crippen molar-refractivity contribution in [2.45, 2.75) is 18.8 Å². The number of allylic oxidation sites excluding steroid dienone is 1. The van der Waals surface area contributed by atoms with Gasteiger partial charge in [0.05, 0.1) is 6.92 Å². The molecule has 1 aliphatic carbocycles. The van der Waals surface area contributed by atoms with Crippen LogP contribution in [0.2, 0.25) is 0 Å². The standard InChI is InChI=1S/C33H26O6/c1-33(37-24-12-4-2-5-13-24,38-25-14-6-3-7-15-25)39-31(36)22-20-29-27-17-9-8-16-26(27)28-18-10-11-23(32(28)29)19-21-30(34)35/h2-22,29H,1H3,(H,34,35). The molecular formula is C33H26O6. The van der Waals surface area contributed by atoms with Crippen molar-refractivity contribution < 1.29 is 28.9 Å². The molecule has 0 aliphatic heterocycles. The maximum absolute atomic E-state index is 13.2. The van der Waals surface area contributed by atoms with Gasteiger partial charge in [-0.15, -0.1) is 0 Å². The van der Waals surface area contributed by atoms with E-state index in [2.05, 4.69) is 0 Å². The molecule has 0 aromatic heterocycles. The van der Waals surface area contributed by atoms with E-state index < -0.39 is 17.9 Å². The van der Waals surface area contributed by atoms with Crippen LogP contribution in [0.25, 0.3) is 17.2 Å². The normalized spacial score (nSPS) is 14.1. The largest absolute Gasteiger partial charge is 0.478 e. The second-order valence-corrected chi connectivity index (χ2v) is 9.02. The average Bonchev–Trinajstić information content (AvgIpc) is 3.26. The van der Waals surface area contributed by atoms with Gasteiger partial charge in [-0.25, -0.2) is 9.59 Å². The van der Waals surface area contributed by atoms with Crippen molar-refractivity contribution in [1.82, 2.24) is 0 Å². The van der Waals surface area contributed by atoms with Gasteiger partial charge in [-0.1, -0.05) is 84.9 Å². The number of para-hydroxylation sites is 2. The molecule has 0 amide bonds. The van der Waals surface area contributed by atoms with Gasteiger partial charge in [0, 0.05) is 18.1 Å². The van der Waals surface area contributed by atoms with Crippen LogP contribution in [0.15, 0.2) is 121 Å². The molecule has 4 aromatic carbocycles. The van der Waals surface area contributed by atoms with E-state index in [0.717, 1.165) is 33.9 Å². The minimum absolute atomic E-state index is 0.283. The maximum Gasteiger partial charge on any atom is 0.416 e. The lowest BCUT2D eigenvalue weighted by Crippen LogP contribution is -2.43. The van der Waals surface area contributed by atoms with E-state index in [1.807, 2.05) is 78.9 Å². The van der Waals surface area contributed by atoms with E-state index in [-0.39, 0.29) is 5.92 Å². The Hall–Kier alpha value is -5.10. The van der Waals surface area contributed by atoms with Crippen LogP contribution in [-0.2, 0) is 14.3 Å². The van der Waals surface area contributed by atoms with E-state index in [9.17, 15) is 14.7 Å². The lowest BCUT2D eigenvalue weighted by atomic mass is 9.92. The topological polar surface area (TPSA) is 82.1 Å². The SMILES string of the molecule is CC(OC(=O)C=CC1c2ccccc2-c2cccc(C=CC(=O)O)c21)(Oc1ccccc1)Oc1ccccc1. The Morgan fingerprint density at radius 3 is 1.97 bits per heavy atom. The number of rotatable bonds is 9. The Kier molecular flexibility index (Phi) is 7.28. The fraction of sp³-hybridized carbons (Fsp3) is 0.0909. The fourth-order valence-electron chi connectivity index (χ4n) is 4.70. The van der Waals surface area contributed by atoms with E-state index in [4.69, 9.17) is 14.2 Å². The highest BCUT2D eigenvalue weighted by molar-refractivity contribution is 5.89. The molecule has 6 heteroatoms. The molecule has 0 bridgehead atoms. The molecule has 1 atom stereocenters. The van der Waals surface area contributed by atoms with Crippen molar-refractivity contribution in [2.75, 3.05) is 0 Å². The molecule has 0 spiro atoms. The van der Waals surface area contributed by atoms with Gasteiger partial charge < -0.3 is 19.3 Å². The summed E-state index contributed by atoms with van der Waals surface area (Å²) in [6.45, 7) is 1.54. The zero-order valence-corrected chi connectivity index (χ0v) is 21.2. The first-order chi connectivity index (χ1) is 18.9. The van der Waals surface area contributed by atoms with Crippen LogP contribution in [0.1, 0.15) is 29.5 Å². The molecule has 1 unspecified atom stereocenters. The molecule has 1 N–H and O–H groups in total. The first kappa shape index (κ1) is 25.5. The number of ether oxygens (including phenoxy) is 3. The minimum Gasteiger partial charge on any atom is -0.478 e. The van der Waals surface area contributed by atoms with Gasteiger partial charge in [0.2, 0.25) is 0 Å². The van der Waals surface area contributed by atoms with Crippen molar-refractivity contribution in [3.8, 4) is 22.6 Å². The molecule has 0 heterocycles. The number of esters is 1. The highest BCUT2D eigenvalue weighted by Crippen LogP contribution is 2.47. The summed E-state index contributed by atoms with van der Waals surface area (Å²) in [7, 11) is 0. The van der Waals surface area contributed by atoms with Crippen LogP contribution in [0.5, 0.6) is 11.5 Å². The monoisotopic (exact) mass is 518 g/mol. The number of carbonyl (C=O) groups excluding carboxylic acids is 1. The summed E-state index contributed by atoms with van der Waals surface area (Å²) in [5.41, 5.74) is 4.72. The van der Waals surface area contributed by atoms with Gasteiger partial charge in [-0.2, -0.15) is 0 Å². The van der Waals surface area contributed by atoms with Gasteiger partial charge in [-0.05, 0) is 58.2 Å². The first-order valence-electron chi connectivity index (χ1n) is 12.4. The van der Waals surface area contributed by atoms with E-state index >= 15 is 0 Å². The molecule has 5 rings (SSSR count). The summed E-state index contributed by atoms with van der Waals surface area (Å²) in [5, 5.41) is 9.17. The quantitative estimate of drug-likeness (QED) is 0.149. The number of carbonyl (C=O) groups is 2. The van der Waals surface area contributed by atoms with Crippen molar-refractivity contribution in [3.63, 3.8) is 0 Å². The van der Waals surface area contributed by atoms with E-state index in [1.54, 1.807) is 36.4 Å². The molecule has 0 saturated heterocycles. The lowest BCUT2D eigenvalue weighted by molar-refractivity contribution is -0.271. The highest BCUT2D eigenvalue weighted by atomic mass is 16.9. The van der Waals surface area contributed by atoms with Crippen molar-refractivity contribution in [3.05, 3.63) is 138 Å². The summed E-state index contributed by atoms with van der Waals surface area (Å²) >= 11 is 0. The molecule has 39 heavy (non-hydrogen) atoms. The molecule has 0 saturated carbocycles. The number of hydrogen-bond acceptors (Lipinski definition) is 5. The van der Waals surface area contributed by atoms with E-state index in [0.29, 0.717) is 11.5 Å². The first-order valence-corrected chi connectivity index (χ1v) is 12.4. The third-order valence-corrected chi connectivity index (χ3v) is 6.25. The summed E-state index contributed by atoms with van der Waals surface area (Å²) in [4.78, 5) is 24.4. The Labute approximate surface area is 226 Å². The Bertz CT molecular complexity index is 1500. The number of fused-ring (bicyclic) bond motifs is 3. The van der Waals surface area contributed by atoms with Crippen LogP contribution >= 0.6 is 0 Å². The summed E-state index contributed by atoms with van der Waals surface area (Å²) in [5.74, 6) is -2.77. The third-order valence-electron chi connectivity index (χ3n) is 6.25.